The van der Waals surface area contributed by atoms with Crippen molar-refractivity contribution in [1.82, 2.24) is 19.9 Å². The molecule has 2 fully saturated rings. The van der Waals surface area contributed by atoms with Crippen LogP contribution in [-0.2, 0) is 0 Å². The molecule has 31 heavy (non-hydrogen) atoms. The molecular formula is C23H26ClN7. The van der Waals surface area contributed by atoms with Crippen molar-refractivity contribution in [3.8, 4) is 0 Å². The Morgan fingerprint density at radius 2 is 1.90 bits per heavy atom. The first kappa shape index (κ1) is 20.2. The van der Waals surface area contributed by atoms with Crippen LogP contribution in [0.15, 0.2) is 40.9 Å². The molecule has 2 aromatic rings. The lowest BCUT2D eigenvalue weighted by atomic mass is 10.2. The van der Waals surface area contributed by atoms with Crippen LogP contribution in [0.2, 0.25) is 5.02 Å². The molecule has 0 atom stereocenters. The number of rotatable bonds is 5. The van der Waals surface area contributed by atoms with Crippen molar-refractivity contribution < 1.29 is 0 Å². The number of piperazine rings is 1. The van der Waals surface area contributed by atoms with Gasteiger partial charge < -0.3 is 15.1 Å². The molecule has 0 unspecified atom stereocenters. The van der Waals surface area contributed by atoms with Gasteiger partial charge in [-0.05, 0) is 61.2 Å². The summed E-state index contributed by atoms with van der Waals surface area (Å²) in [4.78, 5) is 23.2. The van der Waals surface area contributed by atoms with E-state index in [1.54, 1.807) is 0 Å². The maximum Gasteiger partial charge on any atom is 0.233 e. The van der Waals surface area contributed by atoms with Gasteiger partial charge in [-0.2, -0.15) is 15.0 Å². The van der Waals surface area contributed by atoms with Gasteiger partial charge in [0.25, 0.3) is 0 Å². The Hall–Kier alpha value is -2.77. The highest BCUT2D eigenvalue weighted by Crippen LogP contribution is 2.37. The van der Waals surface area contributed by atoms with Crippen molar-refractivity contribution in [3.63, 3.8) is 0 Å². The highest BCUT2D eigenvalue weighted by atomic mass is 35.5. The number of benzene rings is 1. The molecule has 3 aliphatic rings. The summed E-state index contributed by atoms with van der Waals surface area (Å²) in [7, 11) is 2.14. The minimum absolute atomic E-state index is 0.529. The van der Waals surface area contributed by atoms with Crippen molar-refractivity contribution in [2.24, 2.45) is 10.9 Å². The Bertz CT molecular complexity index is 1050. The van der Waals surface area contributed by atoms with Gasteiger partial charge in [0.05, 0.1) is 6.54 Å². The second-order valence-corrected chi connectivity index (χ2v) is 8.75. The molecule has 1 aliphatic carbocycles. The molecule has 1 N–H and O–H groups in total. The summed E-state index contributed by atoms with van der Waals surface area (Å²) >= 11 is 6.11. The number of likely N-dealkylation sites (N-methyl/N-ethyl adjacent to an activating group) is 1. The van der Waals surface area contributed by atoms with Gasteiger partial charge >= 0.3 is 0 Å². The molecule has 1 saturated heterocycles. The highest BCUT2D eigenvalue weighted by molar-refractivity contribution is 6.30. The molecule has 0 amide bonds. The van der Waals surface area contributed by atoms with E-state index in [1.807, 2.05) is 36.4 Å². The van der Waals surface area contributed by atoms with E-state index < -0.39 is 0 Å². The standard InChI is InChI=1S/C23H26ClN7/c1-30-9-11-31(12-10-30)23-28-20(8-5-16-3-2-4-19(24)13-16)26-22(29-23)27-21-14-18(15-25-21)17-6-7-17/h2-5,8,13-14,17H,6-7,9-12,15H2,1H3,(H,25,26,27,28,29)/b8-5+. The lowest BCUT2D eigenvalue weighted by molar-refractivity contribution is 0.311. The molecule has 7 nitrogen and oxygen atoms in total. The van der Waals surface area contributed by atoms with E-state index in [0.29, 0.717) is 22.7 Å². The quantitative estimate of drug-likeness (QED) is 0.773. The van der Waals surface area contributed by atoms with E-state index in [-0.39, 0.29) is 0 Å². The second kappa shape index (κ2) is 8.77. The summed E-state index contributed by atoms with van der Waals surface area (Å²) in [5.41, 5.74) is 2.41. The summed E-state index contributed by atoms with van der Waals surface area (Å²) in [5, 5.41) is 4.01. The van der Waals surface area contributed by atoms with E-state index in [4.69, 9.17) is 21.6 Å². The number of aliphatic imine (C=N–C) groups is 1. The summed E-state index contributed by atoms with van der Waals surface area (Å²) in [6.45, 7) is 4.55. The number of aromatic nitrogens is 3. The summed E-state index contributed by atoms with van der Waals surface area (Å²) in [6, 6.07) is 7.71. The predicted octanol–water partition coefficient (Wildman–Crippen LogP) is 3.61. The van der Waals surface area contributed by atoms with Gasteiger partial charge in [0.2, 0.25) is 11.9 Å². The summed E-state index contributed by atoms with van der Waals surface area (Å²) < 4.78 is 0. The zero-order valence-electron chi connectivity index (χ0n) is 17.6. The highest BCUT2D eigenvalue weighted by Gasteiger charge is 2.28. The number of anilines is 2. The fourth-order valence-electron chi connectivity index (χ4n) is 3.77. The monoisotopic (exact) mass is 435 g/mol. The van der Waals surface area contributed by atoms with E-state index >= 15 is 0 Å². The Balaban J connectivity index is 1.40. The molecule has 1 saturated carbocycles. The third kappa shape index (κ3) is 5.11. The van der Waals surface area contributed by atoms with E-state index in [9.17, 15) is 0 Å². The molecular weight excluding hydrogens is 410 g/mol. The van der Waals surface area contributed by atoms with Crippen molar-refractivity contribution in [1.29, 1.82) is 0 Å². The normalized spacial score (nSPS) is 19.6. The van der Waals surface area contributed by atoms with Crippen LogP contribution in [0.25, 0.3) is 12.2 Å². The summed E-state index contributed by atoms with van der Waals surface area (Å²) in [6.07, 6.45) is 8.59. The molecule has 1 aromatic carbocycles. The van der Waals surface area contributed by atoms with Crippen LogP contribution in [0.1, 0.15) is 24.2 Å². The minimum Gasteiger partial charge on any atom is -0.338 e. The predicted molar refractivity (Wildman–Crippen MR) is 127 cm³/mol. The van der Waals surface area contributed by atoms with Gasteiger partial charge in [-0.3, -0.25) is 4.99 Å². The van der Waals surface area contributed by atoms with Crippen LogP contribution in [0.5, 0.6) is 0 Å². The Morgan fingerprint density at radius 1 is 1.06 bits per heavy atom. The first-order valence-corrected chi connectivity index (χ1v) is 11.2. The SMILES string of the molecule is CN1CCN(c2nc(/C=C/c3cccc(Cl)c3)nc(NC3=NCC(C4CC4)=C3)n2)CC1. The molecule has 160 valence electrons. The third-order valence-electron chi connectivity index (χ3n) is 5.80. The van der Waals surface area contributed by atoms with Crippen LogP contribution < -0.4 is 10.2 Å². The van der Waals surface area contributed by atoms with Crippen LogP contribution in [0.4, 0.5) is 11.9 Å². The maximum atomic E-state index is 6.11. The zero-order chi connectivity index (χ0) is 21.2. The van der Waals surface area contributed by atoms with Crippen molar-refractivity contribution in [2.75, 3.05) is 50.0 Å². The lowest BCUT2D eigenvalue weighted by Crippen LogP contribution is -2.45. The minimum atomic E-state index is 0.529. The first-order valence-electron chi connectivity index (χ1n) is 10.8. The molecule has 0 spiro atoms. The molecule has 0 radical (unpaired) electrons. The number of halogens is 1. The van der Waals surface area contributed by atoms with Gasteiger partial charge in [-0.25, -0.2) is 0 Å². The topological polar surface area (TPSA) is 69.5 Å². The number of amidine groups is 1. The number of hydrogen-bond acceptors (Lipinski definition) is 7. The van der Waals surface area contributed by atoms with Crippen LogP contribution in [0.3, 0.4) is 0 Å². The second-order valence-electron chi connectivity index (χ2n) is 8.32. The number of nitrogens with one attached hydrogen (secondary N) is 1. The van der Waals surface area contributed by atoms with Gasteiger partial charge in [0, 0.05) is 31.2 Å². The number of hydrogen-bond donors (Lipinski definition) is 1. The van der Waals surface area contributed by atoms with E-state index in [2.05, 4.69) is 38.2 Å². The van der Waals surface area contributed by atoms with E-state index in [0.717, 1.165) is 50.0 Å². The first-order chi connectivity index (χ1) is 15.1. The van der Waals surface area contributed by atoms with Gasteiger partial charge in [0.15, 0.2) is 5.82 Å². The molecule has 3 heterocycles. The fraction of sp³-hybridized carbons (Fsp3) is 0.391. The van der Waals surface area contributed by atoms with Crippen LogP contribution in [-0.4, -0.2) is 65.5 Å². The largest absolute Gasteiger partial charge is 0.338 e. The smallest absolute Gasteiger partial charge is 0.233 e. The Labute approximate surface area is 187 Å². The third-order valence-corrected chi connectivity index (χ3v) is 6.03. The molecule has 2 aliphatic heterocycles. The molecule has 1 aromatic heterocycles. The molecule has 0 bridgehead atoms. The van der Waals surface area contributed by atoms with Crippen LogP contribution in [0, 0.1) is 5.92 Å². The van der Waals surface area contributed by atoms with Gasteiger partial charge in [-0.15, -0.1) is 0 Å². The zero-order valence-corrected chi connectivity index (χ0v) is 18.4. The average Bonchev–Trinajstić information content (AvgIpc) is 3.52. The van der Waals surface area contributed by atoms with Crippen molar-refractivity contribution in [3.05, 3.63) is 52.3 Å². The maximum absolute atomic E-state index is 6.11. The van der Waals surface area contributed by atoms with Gasteiger partial charge in [-0.1, -0.05) is 29.8 Å². The Kier molecular flexibility index (Phi) is 5.70. The van der Waals surface area contributed by atoms with Gasteiger partial charge in [0.1, 0.15) is 5.84 Å². The number of nitrogens with zero attached hydrogens (tertiary/aromatic N) is 6. The van der Waals surface area contributed by atoms with Crippen molar-refractivity contribution >= 4 is 41.5 Å². The molecule has 5 rings (SSSR count). The summed E-state index contributed by atoms with van der Waals surface area (Å²) in [5.74, 6) is 3.39. The Morgan fingerprint density at radius 3 is 2.68 bits per heavy atom. The van der Waals surface area contributed by atoms with E-state index in [1.165, 1.54) is 18.4 Å². The lowest BCUT2D eigenvalue weighted by Gasteiger charge is -2.32. The van der Waals surface area contributed by atoms with Crippen molar-refractivity contribution in [2.45, 2.75) is 12.8 Å². The average molecular weight is 436 g/mol. The van der Waals surface area contributed by atoms with Crippen LogP contribution >= 0.6 is 11.6 Å². The molecule has 8 heteroatoms. The fourth-order valence-corrected chi connectivity index (χ4v) is 3.97.